The predicted octanol–water partition coefficient (Wildman–Crippen LogP) is 1.78. The number of pyridine rings is 1. The topological polar surface area (TPSA) is 95.0 Å². The fraction of sp³-hybridized carbons (Fsp3) is 0.333. The molecule has 0 fully saturated rings. The average molecular weight is 392 g/mol. The molecule has 1 aliphatic rings. The molecule has 0 N–H and O–H groups in total. The van der Waals surface area contributed by atoms with Crippen LogP contribution in [0.3, 0.4) is 0 Å². The quantitative estimate of drug-likeness (QED) is 0.692. The Labute approximate surface area is 157 Å². The van der Waals surface area contributed by atoms with Gasteiger partial charge in [-0.15, -0.1) is 0 Å². The number of carbonyl (C=O) groups is 1. The van der Waals surface area contributed by atoms with Crippen molar-refractivity contribution in [2.45, 2.75) is 24.3 Å². The zero-order valence-electron chi connectivity index (χ0n) is 15.2. The molecule has 144 valence electrons. The highest BCUT2D eigenvalue weighted by atomic mass is 32.2. The van der Waals surface area contributed by atoms with Gasteiger partial charge in [-0.1, -0.05) is 6.07 Å². The first-order valence-corrected chi connectivity index (χ1v) is 9.77. The second kappa shape index (κ2) is 7.43. The number of benzene rings is 1. The third-order valence-corrected chi connectivity index (χ3v) is 5.91. The molecule has 1 aromatic heterocycles. The Morgan fingerprint density at radius 2 is 2.11 bits per heavy atom. The lowest BCUT2D eigenvalue weighted by atomic mass is 10.1. The molecule has 0 bridgehead atoms. The standard InChI is InChI=1S/C18H20N2O6S/c1-4-25-18(21)15-11-12-10-13(8-9-14(12)26-15)27(22,23)20(2)16-6-5-7-17(19-16)24-3/h5-10,15H,4,11H2,1-3H3/t15-/m0/s1. The smallest absolute Gasteiger partial charge is 0.347 e. The molecule has 1 aliphatic heterocycles. The summed E-state index contributed by atoms with van der Waals surface area (Å²) in [6.45, 7) is 1.97. The van der Waals surface area contributed by atoms with Crippen LogP contribution in [-0.4, -0.2) is 46.2 Å². The number of anilines is 1. The molecule has 2 heterocycles. The molecule has 0 saturated heterocycles. The number of hydrogen-bond acceptors (Lipinski definition) is 7. The zero-order valence-corrected chi connectivity index (χ0v) is 16.0. The van der Waals surface area contributed by atoms with Crippen molar-refractivity contribution >= 4 is 21.8 Å². The molecule has 0 radical (unpaired) electrons. The van der Waals surface area contributed by atoms with E-state index in [9.17, 15) is 13.2 Å². The Balaban J connectivity index is 1.87. The highest BCUT2D eigenvalue weighted by Gasteiger charge is 2.32. The summed E-state index contributed by atoms with van der Waals surface area (Å²) in [4.78, 5) is 16.1. The van der Waals surface area contributed by atoms with Gasteiger partial charge in [-0.25, -0.2) is 13.2 Å². The minimum atomic E-state index is -3.84. The van der Waals surface area contributed by atoms with Gasteiger partial charge in [0.1, 0.15) is 11.6 Å². The highest BCUT2D eigenvalue weighted by molar-refractivity contribution is 7.92. The Hall–Kier alpha value is -2.81. The van der Waals surface area contributed by atoms with Gasteiger partial charge < -0.3 is 14.2 Å². The van der Waals surface area contributed by atoms with Crippen molar-refractivity contribution in [2.24, 2.45) is 0 Å². The number of sulfonamides is 1. The van der Waals surface area contributed by atoms with E-state index in [1.54, 1.807) is 31.2 Å². The summed E-state index contributed by atoms with van der Waals surface area (Å²) in [6.07, 6.45) is -0.491. The van der Waals surface area contributed by atoms with Gasteiger partial charge in [-0.05, 0) is 36.8 Å². The summed E-state index contributed by atoms with van der Waals surface area (Å²) in [5.41, 5.74) is 0.640. The van der Waals surface area contributed by atoms with Crippen LogP contribution in [0, 0.1) is 0 Å². The molecule has 0 saturated carbocycles. The number of fused-ring (bicyclic) bond motifs is 1. The van der Waals surface area contributed by atoms with E-state index in [4.69, 9.17) is 14.2 Å². The van der Waals surface area contributed by atoms with Crippen molar-refractivity contribution in [1.29, 1.82) is 0 Å². The van der Waals surface area contributed by atoms with E-state index in [2.05, 4.69) is 4.98 Å². The molecule has 9 heteroatoms. The first kappa shape index (κ1) is 19.0. The minimum absolute atomic E-state index is 0.0847. The van der Waals surface area contributed by atoms with Crippen molar-refractivity contribution < 1.29 is 27.4 Å². The molecule has 27 heavy (non-hydrogen) atoms. The lowest BCUT2D eigenvalue weighted by Gasteiger charge is -2.19. The van der Waals surface area contributed by atoms with E-state index in [0.29, 0.717) is 17.2 Å². The number of aromatic nitrogens is 1. The summed E-state index contributed by atoms with van der Waals surface area (Å²) in [7, 11) is -0.965. The molecular weight excluding hydrogens is 372 g/mol. The molecule has 1 atom stereocenters. The maximum absolute atomic E-state index is 13.0. The van der Waals surface area contributed by atoms with Crippen molar-refractivity contribution in [3.8, 4) is 11.6 Å². The van der Waals surface area contributed by atoms with Crippen LogP contribution in [0.1, 0.15) is 12.5 Å². The minimum Gasteiger partial charge on any atom is -0.481 e. The maximum atomic E-state index is 13.0. The van der Waals surface area contributed by atoms with E-state index >= 15 is 0 Å². The Morgan fingerprint density at radius 1 is 1.33 bits per heavy atom. The number of rotatable bonds is 6. The van der Waals surface area contributed by atoms with Crippen molar-refractivity contribution in [3.63, 3.8) is 0 Å². The monoisotopic (exact) mass is 392 g/mol. The van der Waals surface area contributed by atoms with Crippen LogP contribution in [0.5, 0.6) is 11.6 Å². The Kier molecular flexibility index (Phi) is 5.22. The molecule has 0 unspecified atom stereocenters. The van der Waals surface area contributed by atoms with Gasteiger partial charge in [-0.3, -0.25) is 4.31 Å². The lowest BCUT2D eigenvalue weighted by Crippen LogP contribution is -2.27. The first-order chi connectivity index (χ1) is 12.9. The third kappa shape index (κ3) is 3.68. The summed E-state index contributed by atoms with van der Waals surface area (Å²) in [5, 5.41) is 0. The van der Waals surface area contributed by atoms with Crippen LogP contribution in [0.4, 0.5) is 5.82 Å². The molecule has 0 aliphatic carbocycles. The SMILES string of the molecule is CCOC(=O)[C@@H]1Cc2cc(S(=O)(=O)N(C)c3cccc(OC)n3)ccc2O1. The summed E-state index contributed by atoms with van der Waals surface area (Å²) in [6, 6.07) is 9.38. The number of nitrogens with zero attached hydrogens (tertiary/aromatic N) is 2. The fourth-order valence-electron chi connectivity index (χ4n) is 2.73. The number of methoxy groups -OCH3 is 1. The molecule has 2 aromatic rings. The second-order valence-electron chi connectivity index (χ2n) is 5.84. The van der Waals surface area contributed by atoms with Gasteiger partial charge in [0.05, 0.1) is 18.6 Å². The van der Waals surface area contributed by atoms with Gasteiger partial charge in [0.2, 0.25) is 5.88 Å². The third-order valence-electron chi connectivity index (χ3n) is 4.15. The van der Waals surface area contributed by atoms with Gasteiger partial charge in [0, 0.05) is 19.5 Å². The number of esters is 1. The predicted molar refractivity (Wildman–Crippen MR) is 97.6 cm³/mol. The van der Waals surface area contributed by atoms with Crippen LogP contribution >= 0.6 is 0 Å². The van der Waals surface area contributed by atoms with Crippen LogP contribution in [0.25, 0.3) is 0 Å². The van der Waals surface area contributed by atoms with Gasteiger partial charge >= 0.3 is 5.97 Å². The second-order valence-corrected chi connectivity index (χ2v) is 7.81. The maximum Gasteiger partial charge on any atom is 0.347 e. The number of ether oxygens (including phenoxy) is 3. The average Bonchev–Trinajstić information content (AvgIpc) is 3.11. The first-order valence-electron chi connectivity index (χ1n) is 8.33. The highest BCUT2D eigenvalue weighted by Crippen LogP contribution is 2.32. The Bertz CT molecular complexity index is 960. The molecule has 1 aromatic carbocycles. The van der Waals surface area contributed by atoms with E-state index < -0.39 is 22.1 Å². The fourth-order valence-corrected chi connectivity index (χ4v) is 3.92. The van der Waals surface area contributed by atoms with E-state index in [1.807, 2.05) is 0 Å². The number of hydrogen-bond donors (Lipinski definition) is 0. The molecule has 0 spiro atoms. The van der Waals surface area contributed by atoms with Crippen LogP contribution < -0.4 is 13.8 Å². The molecule has 8 nitrogen and oxygen atoms in total. The molecule has 0 amide bonds. The van der Waals surface area contributed by atoms with E-state index in [-0.39, 0.29) is 23.7 Å². The Morgan fingerprint density at radius 3 is 2.81 bits per heavy atom. The van der Waals surface area contributed by atoms with Gasteiger partial charge in [-0.2, -0.15) is 4.98 Å². The largest absolute Gasteiger partial charge is 0.481 e. The summed E-state index contributed by atoms with van der Waals surface area (Å²) in [5.74, 6) is 0.564. The van der Waals surface area contributed by atoms with Crippen LogP contribution in [-0.2, 0) is 26.0 Å². The van der Waals surface area contributed by atoms with Crippen molar-refractivity contribution in [1.82, 2.24) is 4.98 Å². The van der Waals surface area contributed by atoms with Crippen molar-refractivity contribution in [3.05, 3.63) is 42.0 Å². The molecule has 3 rings (SSSR count). The van der Waals surface area contributed by atoms with Crippen LogP contribution in [0.2, 0.25) is 0 Å². The number of carbonyl (C=O) groups excluding carboxylic acids is 1. The molecular formula is C18H20N2O6S. The normalized spacial score (nSPS) is 15.6. The zero-order chi connectivity index (χ0) is 19.6. The van der Waals surface area contributed by atoms with E-state index in [0.717, 1.165) is 4.31 Å². The summed E-state index contributed by atoms with van der Waals surface area (Å²) < 4.78 is 42.6. The lowest BCUT2D eigenvalue weighted by molar-refractivity contribution is -0.150. The van der Waals surface area contributed by atoms with E-state index in [1.165, 1.54) is 26.3 Å². The summed E-state index contributed by atoms with van der Waals surface area (Å²) >= 11 is 0. The van der Waals surface area contributed by atoms with Gasteiger partial charge in [0.25, 0.3) is 10.0 Å². The van der Waals surface area contributed by atoms with Gasteiger partial charge in [0.15, 0.2) is 6.10 Å². The van der Waals surface area contributed by atoms with Crippen LogP contribution in [0.15, 0.2) is 41.3 Å². The van der Waals surface area contributed by atoms with Crippen molar-refractivity contribution in [2.75, 3.05) is 25.1 Å².